The van der Waals surface area contributed by atoms with Gasteiger partial charge in [0, 0.05) is 19.2 Å². The maximum Gasteiger partial charge on any atom is 0.187 e. The average molecular weight is 655 g/mol. The Kier molecular flexibility index (Phi) is 7.57. The number of fused-ring (bicyclic) bond motifs is 2. The van der Waals surface area contributed by atoms with E-state index in [0.29, 0.717) is 25.9 Å². The molecule has 0 saturated carbocycles. The van der Waals surface area contributed by atoms with Crippen molar-refractivity contribution in [1.82, 2.24) is 30.6 Å². The van der Waals surface area contributed by atoms with Crippen LogP contribution in [-0.4, -0.2) is 46.1 Å². The number of nitrogens with zero attached hydrogens (tertiary/aromatic N) is 4. The number of imidazole rings is 2. The Labute approximate surface area is 277 Å². The molecule has 4 N–H and O–H groups in total. The average Bonchev–Trinajstić information content (AvgIpc) is 3.94. The van der Waals surface area contributed by atoms with Gasteiger partial charge < -0.3 is 30.4 Å². The molecule has 3 aromatic carbocycles. The minimum atomic E-state index is -1.10. The van der Waals surface area contributed by atoms with E-state index in [1.807, 2.05) is 29.2 Å². The zero-order valence-corrected chi connectivity index (χ0v) is 27.0. The standard InChI is InChI=1S/C37H41F3N8/c38-23-20-32(33(39)34(40)35(23)47-16-2-1-3-17-47)48-30(21-8-10-24-28(18-21)45-36(43-24)26-6-4-14-41-26)12-13-31(48)22-9-11-25-29(19-22)46-37(44-25)27-7-5-15-42-27/h8-11,18-20,26-27,30-31,41-42H,1-7,12-17H2,(H,43,45)(H,44,46)/t26-,27-,30+,31+/m0/s1. The van der Waals surface area contributed by atoms with E-state index in [0.717, 1.165) is 103 Å². The lowest BCUT2D eigenvalue weighted by Gasteiger charge is -2.35. The second-order valence-electron chi connectivity index (χ2n) is 14.0. The number of rotatable bonds is 6. The van der Waals surface area contributed by atoms with Crippen LogP contribution in [0.15, 0.2) is 42.5 Å². The molecule has 0 amide bonds. The summed E-state index contributed by atoms with van der Waals surface area (Å²) in [7, 11) is 0. The zero-order valence-electron chi connectivity index (χ0n) is 27.0. The maximum absolute atomic E-state index is 16.4. The molecule has 250 valence electrons. The maximum atomic E-state index is 16.4. The van der Waals surface area contributed by atoms with E-state index in [1.54, 1.807) is 4.90 Å². The van der Waals surface area contributed by atoms with E-state index in [2.05, 4.69) is 32.7 Å². The number of piperidine rings is 1. The van der Waals surface area contributed by atoms with Crippen LogP contribution < -0.4 is 20.4 Å². The normalized spacial score (nSPS) is 24.9. The largest absolute Gasteiger partial charge is 0.367 e. The number of aromatic nitrogens is 4. The van der Waals surface area contributed by atoms with Crippen molar-refractivity contribution in [2.45, 2.75) is 82.0 Å². The summed E-state index contributed by atoms with van der Waals surface area (Å²) in [5.74, 6) is -0.977. The van der Waals surface area contributed by atoms with Crippen LogP contribution in [-0.2, 0) is 0 Å². The first-order valence-corrected chi connectivity index (χ1v) is 17.7. The Morgan fingerprint density at radius 1 is 0.625 bits per heavy atom. The van der Waals surface area contributed by atoms with E-state index >= 15 is 13.2 Å². The molecule has 0 unspecified atom stereocenters. The highest BCUT2D eigenvalue weighted by Gasteiger charge is 2.39. The van der Waals surface area contributed by atoms with Gasteiger partial charge in [0.25, 0.3) is 0 Å². The van der Waals surface area contributed by atoms with Crippen LogP contribution in [0.3, 0.4) is 0 Å². The molecule has 5 aromatic rings. The predicted molar refractivity (Wildman–Crippen MR) is 182 cm³/mol. The highest BCUT2D eigenvalue weighted by molar-refractivity contribution is 5.78. The number of anilines is 2. The predicted octanol–water partition coefficient (Wildman–Crippen LogP) is 7.78. The van der Waals surface area contributed by atoms with Crippen LogP contribution in [0.25, 0.3) is 22.1 Å². The third kappa shape index (κ3) is 5.13. The summed E-state index contributed by atoms with van der Waals surface area (Å²) in [6.07, 6.45) is 8.36. The molecule has 0 radical (unpaired) electrons. The summed E-state index contributed by atoms with van der Waals surface area (Å²) in [5.41, 5.74) is 5.18. The fraction of sp³-hybridized carbons (Fsp3) is 0.459. The van der Waals surface area contributed by atoms with Gasteiger partial charge in [-0.3, -0.25) is 0 Å². The van der Waals surface area contributed by atoms with E-state index < -0.39 is 17.5 Å². The highest BCUT2D eigenvalue weighted by Crippen LogP contribution is 2.49. The Morgan fingerprint density at radius 2 is 1.19 bits per heavy atom. The van der Waals surface area contributed by atoms with Gasteiger partial charge in [0.1, 0.15) is 17.3 Å². The molecule has 2 aromatic heterocycles. The molecule has 4 atom stereocenters. The minimum absolute atomic E-state index is 0.0423. The molecule has 9 rings (SSSR count). The van der Waals surface area contributed by atoms with Crippen molar-refractivity contribution in [3.05, 3.63) is 82.7 Å². The quantitative estimate of drug-likeness (QED) is 0.140. The van der Waals surface area contributed by atoms with Gasteiger partial charge in [-0.2, -0.15) is 0 Å². The molecular formula is C37H41F3N8. The first-order valence-electron chi connectivity index (χ1n) is 17.7. The highest BCUT2D eigenvalue weighted by atomic mass is 19.2. The molecule has 11 heteroatoms. The second kappa shape index (κ2) is 12.1. The summed E-state index contributed by atoms with van der Waals surface area (Å²) in [6, 6.07) is 13.2. The van der Waals surface area contributed by atoms with Crippen LogP contribution >= 0.6 is 0 Å². The number of halogens is 3. The van der Waals surface area contributed by atoms with Crippen LogP contribution in [0.4, 0.5) is 24.5 Å². The summed E-state index contributed by atoms with van der Waals surface area (Å²) in [4.78, 5) is 20.3. The number of benzene rings is 3. The lowest BCUT2D eigenvalue weighted by Crippen LogP contribution is -2.32. The monoisotopic (exact) mass is 654 g/mol. The van der Waals surface area contributed by atoms with Crippen molar-refractivity contribution < 1.29 is 13.2 Å². The smallest absolute Gasteiger partial charge is 0.187 e. The van der Waals surface area contributed by atoms with Gasteiger partial charge >= 0.3 is 0 Å². The molecular weight excluding hydrogens is 613 g/mol. The lowest BCUT2D eigenvalue weighted by atomic mass is 10.0. The topological polar surface area (TPSA) is 87.9 Å². The SMILES string of the molecule is Fc1cc(N2[C@@H](c3ccc4nc([C@@H]5CCCN5)[nH]c4c3)CC[C@@H]2c2ccc3nc([C@@H]4CCCN4)[nH]c3c2)c(F)c(F)c1N1CCCCC1. The van der Waals surface area contributed by atoms with Crippen LogP contribution in [0, 0.1) is 17.5 Å². The van der Waals surface area contributed by atoms with Gasteiger partial charge in [-0.1, -0.05) is 12.1 Å². The number of hydrogen-bond donors (Lipinski definition) is 4. The summed E-state index contributed by atoms with van der Waals surface area (Å²) in [5, 5.41) is 7.00. The van der Waals surface area contributed by atoms with Crippen molar-refractivity contribution in [3.8, 4) is 0 Å². The van der Waals surface area contributed by atoms with E-state index in [-0.39, 0.29) is 35.5 Å². The third-order valence-corrected chi connectivity index (χ3v) is 11.0. The van der Waals surface area contributed by atoms with Crippen molar-refractivity contribution in [2.75, 3.05) is 36.0 Å². The molecule has 0 bridgehead atoms. The Hall–Kier alpha value is -4.09. The zero-order chi connectivity index (χ0) is 32.4. The van der Waals surface area contributed by atoms with E-state index in [1.165, 1.54) is 6.07 Å². The first kappa shape index (κ1) is 30.0. The van der Waals surface area contributed by atoms with Gasteiger partial charge in [0.2, 0.25) is 0 Å². The summed E-state index contributed by atoms with van der Waals surface area (Å²) < 4.78 is 48.4. The molecule has 4 aliphatic rings. The minimum Gasteiger partial charge on any atom is -0.367 e. The number of H-pyrrole nitrogens is 2. The molecule has 4 fully saturated rings. The van der Waals surface area contributed by atoms with Crippen molar-refractivity contribution in [3.63, 3.8) is 0 Å². The van der Waals surface area contributed by atoms with Crippen molar-refractivity contribution >= 4 is 33.4 Å². The Morgan fingerprint density at radius 3 is 1.71 bits per heavy atom. The van der Waals surface area contributed by atoms with E-state index in [9.17, 15) is 0 Å². The molecule has 0 aliphatic carbocycles. The van der Waals surface area contributed by atoms with Gasteiger partial charge in [0.15, 0.2) is 17.5 Å². The number of hydrogen-bond acceptors (Lipinski definition) is 6. The Balaban J connectivity index is 1.13. The molecule has 8 nitrogen and oxygen atoms in total. The third-order valence-electron chi connectivity index (χ3n) is 11.0. The van der Waals surface area contributed by atoms with Gasteiger partial charge in [-0.25, -0.2) is 23.1 Å². The Bertz CT molecular complexity index is 1870. The summed E-state index contributed by atoms with van der Waals surface area (Å²) in [6.45, 7) is 2.99. The van der Waals surface area contributed by atoms with Gasteiger partial charge in [-0.15, -0.1) is 0 Å². The molecule has 0 spiro atoms. The molecule has 6 heterocycles. The number of nitrogens with one attached hydrogen (secondary N) is 4. The lowest BCUT2D eigenvalue weighted by molar-refractivity contribution is 0.475. The van der Waals surface area contributed by atoms with Crippen LogP contribution in [0.1, 0.15) is 105 Å². The summed E-state index contributed by atoms with van der Waals surface area (Å²) >= 11 is 0. The van der Waals surface area contributed by atoms with Crippen LogP contribution in [0.5, 0.6) is 0 Å². The van der Waals surface area contributed by atoms with Gasteiger partial charge in [-0.05, 0) is 106 Å². The molecule has 4 saturated heterocycles. The fourth-order valence-electron chi connectivity index (χ4n) is 8.64. The van der Waals surface area contributed by atoms with Gasteiger partial charge in [0.05, 0.1) is 51.9 Å². The fourth-order valence-corrected chi connectivity index (χ4v) is 8.64. The van der Waals surface area contributed by atoms with E-state index in [4.69, 9.17) is 9.97 Å². The number of aromatic amines is 2. The second-order valence-corrected chi connectivity index (χ2v) is 14.0. The first-order chi connectivity index (χ1) is 23.5. The van der Waals surface area contributed by atoms with Crippen LogP contribution in [0.2, 0.25) is 0 Å². The van der Waals surface area contributed by atoms with Crippen molar-refractivity contribution in [1.29, 1.82) is 0 Å². The molecule has 4 aliphatic heterocycles. The van der Waals surface area contributed by atoms with Crippen molar-refractivity contribution in [2.24, 2.45) is 0 Å². The molecule has 48 heavy (non-hydrogen) atoms.